The third-order valence-electron chi connectivity index (χ3n) is 4.36. The zero-order valence-electron chi connectivity index (χ0n) is 11.5. The minimum atomic E-state index is 0. The van der Waals surface area contributed by atoms with Gasteiger partial charge in [-0.15, -0.1) is 0 Å². The quantitative estimate of drug-likeness (QED) is 0.794. The molecule has 1 aliphatic rings. The minimum absolute atomic E-state index is 0. The first-order valence-electron chi connectivity index (χ1n) is 7.03. The van der Waals surface area contributed by atoms with Crippen molar-refractivity contribution in [2.75, 3.05) is 0 Å². The molecule has 0 aromatic heterocycles. The Hall–Kier alpha value is -1.60. The van der Waals surface area contributed by atoms with E-state index in [1.807, 2.05) is 0 Å². The predicted molar refractivity (Wildman–Crippen MR) is 81.8 cm³/mol. The molecule has 1 aliphatic carbocycles. The fourth-order valence-electron chi connectivity index (χ4n) is 3.41. The molecule has 2 aromatic carbocycles. The molecule has 0 heterocycles. The summed E-state index contributed by atoms with van der Waals surface area (Å²) >= 11 is 0. The van der Waals surface area contributed by atoms with Gasteiger partial charge in [0.2, 0.25) is 0 Å². The first-order chi connectivity index (χ1) is 8.92. The molecule has 19 heavy (non-hydrogen) atoms. The van der Waals surface area contributed by atoms with E-state index in [1.165, 1.54) is 43.2 Å². The Morgan fingerprint density at radius 1 is 0.579 bits per heavy atom. The predicted octanol–water partition coefficient (Wildman–Crippen LogP) is 5.10. The molecule has 1 heteroatoms. The Balaban J connectivity index is 0.00000133. The van der Waals surface area contributed by atoms with Crippen LogP contribution in [0.4, 0.5) is 0 Å². The first kappa shape index (κ1) is 13.8. The van der Waals surface area contributed by atoms with Crippen LogP contribution in [-0.4, -0.2) is 0 Å². The fourth-order valence-corrected chi connectivity index (χ4v) is 3.41. The SMILES string of the molecule is N.c1ccc(C2(c3ccccc3)CCCCC2)cc1. The third-order valence-corrected chi connectivity index (χ3v) is 4.36. The standard InChI is InChI=1S/C18H20.H3N/c1-4-10-16(11-5-1)18(14-8-3-9-15-18)17-12-6-2-7-13-17;/h1-2,4-7,10-13H,3,8-9,14-15H2;1H3. The molecule has 0 saturated heterocycles. The Morgan fingerprint density at radius 3 is 1.42 bits per heavy atom. The van der Waals surface area contributed by atoms with E-state index in [9.17, 15) is 0 Å². The van der Waals surface area contributed by atoms with Gasteiger partial charge < -0.3 is 6.15 Å². The molecule has 1 saturated carbocycles. The van der Waals surface area contributed by atoms with Crippen LogP contribution in [0.15, 0.2) is 60.7 Å². The van der Waals surface area contributed by atoms with E-state index in [-0.39, 0.29) is 11.6 Å². The van der Waals surface area contributed by atoms with Gasteiger partial charge in [-0.05, 0) is 24.0 Å². The fraction of sp³-hybridized carbons (Fsp3) is 0.333. The molecule has 3 rings (SSSR count). The van der Waals surface area contributed by atoms with Gasteiger partial charge in [-0.1, -0.05) is 79.9 Å². The van der Waals surface area contributed by atoms with Gasteiger partial charge >= 0.3 is 0 Å². The van der Waals surface area contributed by atoms with Gasteiger partial charge in [0.15, 0.2) is 0 Å². The maximum Gasteiger partial charge on any atom is 0.0202 e. The zero-order chi connectivity index (χ0) is 12.3. The van der Waals surface area contributed by atoms with E-state index in [4.69, 9.17) is 0 Å². The molecule has 0 aliphatic heterocycles. The van der Waals surface area contributed by atoms with Crippen LogP contribution in [0.25, 0.3) is 0 Å². The van der Waals surface area contributed by atoms with Crippen LogP contribution in [0, 0.1) is 0 Å². The highest BCUT2D eigenvalue weighted by Gasteiger charge is 2.35. The van der Waals surface area contributed by atoms with Crippen LogP contribution in [-0.2, 0) is 5.41 Å². The summed E-state index contributed by atoms with van der Waals surface area (Å²) in [7, 11) is 0. The number of hydrogen-bond acceptors (Lipinski definition) is 1. The van der Waals surface area contributed by atoms with Gasteiger partial charge in [0.25, 0.3) is 0 Å². The highest BCUT2D eigenvalue weighted by molar-refractivity contribution is 5.39. The van der Waals surface area contributed by atoms with Crippen LogP contribution in [0.1, 0.15) is 43.2 Å². The average Bonchev–Trinajstić information content (AvgIpc) is 2.50. The summed E-state index contributed by atoms with van der Waals surface area (Å²) in [5.41, 5.74) is 3.26. The normalized spacial score (nSPS) is 17.5. The lowest BCUT2D eigenvalue weighted by Gasteiger charge is -2.38. The molecule has 0 radical (unpaired) electrons. The maximum absolute atomic E-state index is 2.30. The Bertz CT molecular complexity index is 442. The van der Waals surface area contributed by atoms with Crippen molar-refractivity contribution >= 4 is 0 Å². The van der Waals surface area contributed by atoms with E-state index in [1.54, 1.807) is 0 Å². The van der Waals surface area contributed by atoms with Crippen molar-refractivity contribution in [3.8, 4) is 0 Å². The maximum atomic E-state index is 2.30. The summed E-state index contributed by atoms with van der Waals surface area (Å²) in [6.07, 6.45) is 6.68. The van der Waals surface area contributed by atoms with Gasteiger partial charge in [0.05, 0.1) is 0 Å². The summed E-state index contributed by atoms with van der Waals surface area (Å²) in [5, 5.41) is 0. The van der Waals surface area contributed by atoms with Crippen molar-refractivity contribution in [1.29, 1.82) is 0 Å². The minimum Gasteiger partial charge on any atom is -0.344 e. The number of benzene rings is 2. The molecule has 3 N–H and O–H groups in total. The molecule has 0 bridgehead atoms. The van der Waals surface area contributed by atoms with E-state index in [2.05, 4.69) is 60.7 Å². The lowest BCUT2D eigenvalue weighted by molar-refractivity contribution is 0.346. The Labute approximate surface area is 116 Å². The zero-order valence-corrected chi connectivity index (χ0v) is 11.5. The Morgan fingerprint density at radius 2 is 1.00 bits per heavy atom. The Kier molecular flexibility index (Phi) is 4.39. The second-order valence-electron chi connectivity index (χ2n) is 5.37. The van der Waals surface area contributed by atoms with E-state index in [0.29, 0.717) is 0 Å². The van der Waals surface area contributed by atoms with Crippen LogP contribution < -0.4 is 6.15 Å². The van der Waals surface area contributed by atoms with Gasteiger partial charge in [0.1, 0.15) is 0 Å². The highest BCUT2D eigenvalue weighted by atomic mass is 14.4. The molecule has 0 amide bonds. The summed E-state index contributed by atoms with van der Waals surface area (Å²) < 4.78 is 0. The van der Waals surface area contributed by atoms with E-state index in [0.717, 1.165) is 0 Å². The summed E-state index contributed by atoms with van der Waals surface area (Å²) in [6.45, 7) is 0. The topological polar surface area (TPSA) is 35.0 Å². The highest BCUT2D eigenvalue weighted by Crippen LogP contribution is 2.44. The number of rotatable bonds is 2. The van der Waals surface area contributed by atoms with Gasteiger partial charge in [-0.2, -0.15) is 0 Å². The van der Waals surface area contributed by atoms with Gasteiger partial charge in [-0.25, -0.2) is 0 Å². The molecule has 0 atom stereocenters. The van der Waals surface area contributed by atoms with Crippen molar-refractivity contribution in [1.82, 2.24) is 6.15 Å². The molecule has 1 fully saturated rings. The van der Waals surface area contributed by atoms with E-state index >= 15 is 0 Å². The molecular weight excluding hydrogens is 230 g/mol. The molecule has 1 nitrogen and oxygen atoms in total. The van der Waals surface area contributed by atoms with Crippen molar-refractivity contribution in [2.45, 2.75) is 37.5 Å². The van der Waals surface area contributed by atoms with Gasteiger partial charge in [-0.3, -0.25) is 0 Å². The smallest absolute Gasteiger partial charge is 0.0202 e. The monoisotopic (exact) mass is 253 g/mol. The van der Waals surface area contributed by atoms with Crippen LogP contribution in [0.2, 0.25) is 0 Å². The largest absolute Gasteiger partial charge is 0.344 e. The summed E-state index contributed by atoms with van der Waals surface area (Å²) in [5.74, 6) is 0. The van der Waals surface area contributed by atoms with Crippen molar-refractivity contribution in [3.05, 3.63) is 71.8 Å². The van der Waals surface area contributed by atoms with Crippen LogP contribution in [0.5, 0.6) is 0 Å². The van der Waals surface area contributed by atoms with Crippen molar-refractivity contribution in [2.24, 2.45) is 0 Å². The number of hydrogen-bond donors (Lipinski definition) is 1. The summed E-state index contributed by atoms with van der Waals surface area (Å²) in [6, 6.07) is 22.1. The third kappa shape index (κ3) is 2.57. The first-order valence-corrected chi connectivity index (χ1v) is 7.03. The second-order valence-corrected chi connectivity index (χ2v) is 5.37. The van der Waals surface area contributed by atoms with Gasteiger partial charge in [0, 0.05) is 5.41 Å². The molecule has 2 aromatic rings. The molecular formula is C18H23N. The lowest BCUT2D eigenvalue weighted by Crippen LogP contribution is -2.30. The van der Waals surface area contributed by atoms with Crippen LogP contribution in [0.3, 0.4) is 0 Å². The lowest BCUT2D eigenvalue weighted by atomic mass is 9.65. The molecule has 0 unspecified atom stereocenters. The van der Waals surface area contributed by atoms with Crippen molar-refractivity contribution in [3.63, 3.8) is 0 Å². The van der Waals surface area contributed by atoms with E-state index < -0.39 is 0 Å². The van der Waals surface area contributed by atoms with Crippen molar-refractivity contribution < 1.29 is 0 Å². The molecule has 0 spiro atoms. The molecule has 100 valence electrons. The van der Waals surface area contributed by atoms with Crippen LogP contribution >= 0.6 is 0 Å². The second kappa shape index (κ2) is 6.03. The average molecular weight is 253 g/mol. The summed E-state index contributed by atoms with van der Waals surface area (Å²) in [4.78, 5) is 0.